The summed E-state index contributed by atoms with van der Waals surface area (Å²) in [6.07, 6.45) is 4.92. The number of hydrogen-bond acceptors (Lipinski definition) is 3. The molecule has 0 saturated carbocycles. The minimum Gasteiger partial charge on any atom is -0.377 e. The van der Waals surface area contributed by atoms with Crippen LogP contribution in [0.1, 0.15) is 37.7 Å². The van der Waals surface area contributed by atoms with Crippen LogP contribution in [0.2, 0.25) is 0 Å². The van der Waals surface area contributed by atoms with Gasteiger partial charge in [0.25, 0.3) is 0 Å². The van der Waals surface area contributed by atoms with E-state index < -0.39 is 0 Å². The Labute approximate surface area is 139 Å². The second-order valence-electron chi connectivity index (χ2n) is 6.88. The van der Waals surface area contributed by atoms with Crippen molar-refractivity contribution in [1.82, 2.24) is 9.80 Å². The van der Waals surface area contributed by atoms with E-state index in [1.807, 2.05) is 18.2 Å². The molecule has 2 aliphatic rings. The first-order chi connectivity index (χ1) is 11.2. The van der Waals surface area contributed by atoms with Gasteiger partial charge in [-0.15, -0.1) is 0 Å². The van der Waals surface area contributed by atoms with Gasteiger partial charge in [0.05, 0.1) is 6.61 Å². The van der Waals surface area contributed by atoms with E-state index in [0.717, 1.165) is 25.9 Å². The Morgan fingerprint density at radius 1 is 1.17 bits per heavy atom. The lowest BCUT2D eigenvalue weighted by Crippen LogP contribution is -2.42. The largest absolute Gasteiger partial charge is 0.377 e. The number of likely N-dealkylation sites (tertiary alicyclic amines) is 1. The topological polar surface area (TPSA) is 32.8 Å². The Hall–Kier alpha value is -1.39. The summed E-state index contributed by atoms with van der Waals surface area (Å²) >= 11 is 0. The molecule has 1 aromatic rings. The molecule has 4 heteroatoms. The molecule has 0 radical (unpaired) electrons. The third-order valence-electron chi connectivity index (χ3n) is 5.07. The molecule has 2 heterocycles. The maximum Gasteiger partial charge on any atom is 0.223 e. The highest BCUT2D eigenvalue weighted by molar-refractivity contribution is 5.77. The van der Waals surface area contributed by atoms with Gasteiger partial charge in [-0.3, -0.25) is 4.79 Å². The summed E-state index contributed by atoms with van der Waals surface area (Å²) in [7, 11) is 2.17. The first kappa shape index (κ1) is 16.5. The van der Waals surface area contributed by atoms with Crippen molar-refractivity contribution in [1.29, 1.82) is 0 Å². The third kappa shape index (κ3) is 4.33. The summed E-state index contributed by atoms with van der Waals surface area (Å²) in [5.41, 5.74) is 1.19. The lowest BCUT2D eigenvalue weighted by molar-refractivity contribution is -0.134. The van der Waals surface area contributed by atoms with Gasteiger partial charge in [0.15, 0.2) is 0 Å². The zero-order chi connectivity index (χ0) is 16.1. The van der Waals surface area contributed by atoms with Crippen LogP contribution in [0.5, 0.6) is 0 Å². The summed E-state index contributed by atoms with van der Waals surface area (Å²) in [6.45, 7) is 3.44. The van der Waals surface area contributed by atoms with Gasteiger partial charge in [-0.25, -0.2) is 0 Å². The molecule has 3 rings (SSSR count). The molecule has 0 N–H and O–H groups in total. The normalized spacial score (nSPS) is 24.7. The van der Waals surface area contributed by atoms with Crippen LogP contribution in [0.25, 0.3) is 0 Å². The van der Waals surface area contributed by atoms with E-state index in [1.54, 1.807) is 0 Å². The van der Waals surface area contributed by atoms with E-state index in [9.17, 15) is 4.79 Å². The second kappa shape index (κ2) is 7.93. The molecular weight excluding hydrogens is 288 g/mol. The van der Waals surface area contributed by atoms with Crippen molar-refractivity contribution >= 4 is 5.91 Å². The van der Waals surface area contributed by atoms with Crippen LogP contribution in [0.4, 0.5) is 0 Å². The molecule has 0 spiro atoms. The fraction of sp³-hybridized carbons (Fsp3) is 0.632. The molecule has 126 valence electrons. The summed E-state index contributed by atoms with van der Waals surface area (Å²) in [4.78, 5) is 17.2. The molecule has 2 bridgehead atoms. The molecular formula is C19H28N2O2. The number of ether oxygens (including phenoxy) is 1. The third-order valence-corrected chi connectivity index (χ3v) is 5.07. The van der Waals surface area contributed by atoms with Gasteiger partial charge in [0, 0.05) is 31.7 Å². The van der Waals surface area contributed by atoms with E-state index in [4.69, 9.17) is 4.74 Å². The lowest BCUT2D eigenvalue weighted by atomic mass is 10.1. The highest BCUT2D eigenvalue weighted by atomic mass is 16.5. The van der Waals surface area contributed by atoms with Crippen LogP contribution in [-0.2, 0) is 16.1 Å². The monoisotopic (exact) mass is 316 g/mol. The van der Waals surface area contributed by atoms with Gasteiger partial charge in [0.1, 0.15) is 0 Å². The van der Waals surface area contributed by atoms with Gasteiger partial charge >= 0.3 is 0 Å². The SMILES string of the molecule is CN1CC[C@H]2CC[C@@H](C1)N2C(=O)CCCOCc1ccccc1. The Bertz CT molecular complexity index is 505. The quantitative estimate of drug-likeness (QED) is 0.757. The predicted octanol–water partition coefficient (Wildman–Crippen LogP) is 2.68. The zero-order valence-corrected chi connectivity index (χ0v) is 14.1. The van der Waals surface area contributed by atoms with Gasteiger partial charge in [-0.2, -0.15) is 0 Å². The minimum absolute atomic E-state index is 0.330. The number of hydrogen-bond donors (Lipinski definition) is 0. The summed E-state index contributed by atoms with van der Waals surface area (Å²) in [6, 6.07) is 11.1. The number of likely N-dealkylation sites (N-methyl/N-ethyl adjacent to an activating group) is 1. The van der Waals surface area contributed by atoms with Crippen molar-refractivity contribution in [3.05, 3.63) is 35.9 Å². The van der Waals surface area contributed by atoms with Crippen molar-refractivity contribution in [2.75, 3.05) is 26.7 Å². The standard InChI is InChI=1S/C19H28N2O2/c1-20-12-11-17-9-10-18(14-20)21(17)19(22)8-5-13-23-15-16-6-3-2-4-7-16/h2-4,6-7,17-18H,5,8-15H2,1H3/t17-,18+/m1/s1. The number of amides is 1. The van der Waals surface area contributed by atoms with E-state index in [1.165, 1.54) is 18.4 Å². The maximum absolute atomic E-state index is 12.6. The van der Waals surface area contributed by atoms with Crippen LogP contribution in [-0.4, -0.2) is 54.5 Å². The van der Waals surface area contributed by atoms with Crippen LogP contribution in [0.15, 0.2) is 30.3 Å². The van der Waals surface area contributed by atoms with E-state index >= 15 is 0 Å². The Morgan fingerprint density at radius 3 is 2.78 bits per heavy atom. The molecule has 4 nitrogen and oxygen atoms in total. The molecule has 2 fully saturated rings. The van der Waals surface area contributed by atoms with Crippen LogP contribution < -0.4 is 0 Å². The first-order valence-corrected chi connectivity index (χ1v) is 8.85. The van der Waals surface area contributed by atoms with Crippen molar-refractivity contribution in [3.8, 4) is 0 Å². The van der Waals surface area contributed by atoms with Crippen LogP contribution in [0.3, 0.4) is 0 Å². The molecule has 2 atom stereocenters. The molecule has 2 aliphatic heterocycles. The average molecular weight is 316 g/mol. The fourth-order valence-corrected chi connectivity index (χ4v) is 3.87. The van der Waals surface area contributed by atoms with Crippen molar-refractivity contribution in [3.63, 3.8) is 0 Å². The highest BCUT2D eigenvalue weighted by Gasteiger charge is 2.38. The summed E-state index contributed by atoms with van der Waals surface area (Å²) in [5, 5.41) is 0. The number of rotatable bonds is 6. The molecule has 1 amide bonds. The number of nitrogens with zero attached hydrogens (tertiary/aromatic N) is 2. The molecule has 23 heavy (non-hydrogen) atoms. The van der Waals surface area contributed by atoms with Crippen molar-refractivity contribution < 1.29 is 9.53 Å². The van der Waals surface area contributed by atoms with Crippen LogP contribution >= 0.6 is 0 Å². The number of benzene rings is 1. The first-order valence-electron chi connectivity index (χ1n) is 8.85. The predicted molar refractivity (Wildman–Crippen MR) is 91.1 cm³/mol. The average Bonchev–Trinajstić information content (AvgIpc) is 2.87. The number of carbonyl (C=O) groups is 1. The maximum atomic E-state index is 12.6. The summed E-state index contributed by atoms with van der Waals surface area (Å²) in [5.74, 6) is 0.330. The Kier molecular flexibility index (Phi) is 5.68. The van der Waals surface area contributed by atoms with Gasteiger partial charge in [-0.1, -0.05) is 30.3 Å². The Balaban J connectivity index is 1.39. The molecule has 0 aromatic heterocycles. The van der Waals surface area contributed by atoms with Gasteiger partial charge in [-0.05, 0) is 44.8 Å². The van der Waals surface area contributed by atoms with Crippen LogP contribution in [0, 0.1) is 0 Å². The molecule has 0 aliphatic carbocycles. The van der Waals surface area contributed by atoms with Crippen molar-refractivity contribution in [2.45, 2.75) is 50.8 Å². The smallest absolute Gasteiger partial charge is 0.223 e. The Morgan fingerprint density at radius 2 is 1.96 bits per heavy atom. The van der Waals surface area contributed by atoms with E-state index in [-0.39, 0.29) is 0 Å². The summed E-state index contributed by atoms with van der Waals surface area (Å²) < 4.78 is 5.69. The molecule has 2 saturated heterocycles. The lowest BCUT2D eigenvalue weighted by Gasteiger charge is -2.28. The van der Waals surface area contributed by atoms with E-state index in [0.29, 0.717) is 37.6 Å². The molecule has 0 unspecified atom stereocenters. The van der Waals surface area contributed by atoms with E-state index in [2.05, 4.69) is 29.0 Å². The highest BCUT2D eigenvalue weighted by Crippen LogP contribution is 2.30. The number of fused-ring (bicyclic) bond motifs is 2. The minimum atomic E-state index is 0.330. The van der Waals surface area contributed by atoms with Gasteiger partial charge in [0.2, 0.25) is 5.91 Å². The van der Waals surface area contributed by atoms with Crippen molar-refractivity contribution in [2.24, 2.45) is 0 Å². The second-order valence-corrected chi connectivity index (χ2v) is 6.88. The van der Waals surface area contributed by atoms with Gasteiger partial charge < -0.3 is 14.5 Å². The molecule has 1 aromatic carbocycles. The zero-order valence-electron chi connectivity index (χ0n) is 14.1. The number of carbonyl (C=O) groups excluding carboxylic acids is 1. The fourth-order valence-electron chi connectivity index (χ4n) is 3.87.